The highest BCUT2D eigenvalue weighted by molar-refractivity contribution is 6.32. The van der Waals surface area contributed by atoms with Gasteiger partial charge in [0.05, 0.1) is 18.7 Å². The molecule has 0 aliphatic carbocycles. The van der Waals surface area contributed by atoms with Gasteiger partial charge in [-0.25, -0.2) is 0 Å². The predicted molar refractivity (Wildman–Crippen MR) is 94.6 cm³/mol. The molecule has 1 heterocycles. The molecule has 2 N–H and O–H groups in total. The third-order valence-corrected chi connectivity index (χ3v) is 4.86. The van der Waals surface area contributed by atoms with E-state index >= 15 is 0 Å². The van der Waals surface area contributed by atoms with Gasteiger partial charge in [-0.3, -0.25) is 4.90 Å². The minimum Gasteiger partial charge on any atom is -0.491 e. The zero-order chi connectivity index (χ0) is 17.0. The van der Waals surface area contributed by atoms with E-state index in [0.717, 1.165) is 25.2 Å². The summed E-state index contributed by atoms with van der Waals surface area (Å²) in [6.45, 7) is 8.33. The molecule has 0 aromatic heterocycles. The van der Waals surface area contributed by atoms with Crippen LogP contribution in [0.1, 0.15) is 25.5 Å². The summed E-state index contributed by atoms with van der Waals surface area (Å²) in [5.41, 5.74) is 7.17. The summed E-state index contributed by atoms with van der Waals surface area (Å²) in [6.07, 6.45) is 0. The molecule has 23 heavy (non-hydrogen) atoms. The fourth-order valence-electron chi connectivity index (χ4n) is 3.10. The number of hydrogen-bond acceptors (Lipinski definition) is 5. The summed E-state index contributed by atoms with van der Waals surface area (Å²) in [5.74, 6) is 1.26. The molecule has 6 heteroatoms. The van der Waals surface area contributed by atoms with Crippen molar-refractivity contribution >= 4 is 11.6 Å². The monoisotopic (exact) mass is 341 g/mol. The van der Waals surface area contributed by atoms with Crippen LogP contribution >= 0.6 is 11.6 Å². The van der Waals surface area contributed by atoms with Gasteiger partial charge in [-0.2, -0.15) is 0 Å². The third kappa shape index (κ3) is 4.10. The summed E-state index contributed by atoms with van der Waals surface area (Å²) in [6, 6.07) is 4.60. The largest absolute Gasteiger partial charge is 0.491 e. The van der Waals surface area contributed by atoms with E-state index < -0.39 is 0 Å². The highest BCUT2D eigenvalue weighted by Gasteiger charge is 2.28. The van der Waals surface area contributed by atoms with Crippen LogP contribution in [0.4, 0.5) is 0 Å². The Balaban J connectivity index is 2.30. The molecule has 2 unspecified atom stereocenters. The minimum atomic E-state index is 0.133. The number of methoxy groups -OCH3 is 1. The van der Waals surface area contributed by atoms with E-state index in [1.54, 1.807) is 7.11 Å². The van der Waals surface area contributed by atoms with Crippen LogP contribution in [-0.4, -0.2) is 62.8 Å². The van der Waals surface area contributed by atoms with Crippen LogP contribution in [-0.2, 0) is 0 Å². The van der Waals surface area contributed by atoms with Crippen molar-refractivity contribution in [3.05, 3.63) is 22.7 Å². The first-order chi connectivity index (χ1) is 11.0. The van der Waals surface area contributed by atoms with Crippen LogP contribution < -0.4 is 15.2 Å². The fraction of sp³-hybridized carbons (Fsp3) is 0.647. The van der Waals surface area contributed by atoms with Gasteiger partial charge < -0.3 is 20.1 Å². The molecule has 0 bridgehead atoms. The number of hydrogen-bond donors (Lipinski definition) is 1. The van der Waals surface area contributed by atoms with Gasteiger partial charge in [0.2, 0.25) is 0 Å². The second kappa shape index (κ2) is 8.20. The summed E-state index contributed by atoms with van der Waals surface area (Å²) < 4.78 is 11.1. The second-order valence-corrected chi connectivity index (χ2v) is 6.45. The quantitative estimate of drug-likeness (QED) is 0.861. The van der Waals surface area contributed by atoms with Crippen molar-refractivity contribution in [1.29, 1.82) is 0 Å². The van der Waals surface area contributed by atoms with Crippen molar-refractivity contribution in [1.82, 2.24) is 9.80 Å². The fourth-order valence-corrected chi connectivity index (χ4v) is 3.39. The van der Waals surface area contributed by atoms with Gasteiger partial charge in [0.15, 0.2) is 11.5 Å². The normalized spacial score (nSPS) is 21.2. The molecule has 1 aliphatic rings. The summed E-state index contributed by atoms with van der Waals surface area (Å²) in [4.78, 5) is 4.80. The summed E-state index contributed by atoms with van der Waals surface area (Å²) >= 11 is 6.39. The molecule has 2 atom stereocenters. The first-order valence-electron chi connectivity index (χ1n) is 8.16. The SMILES string of the molecule is CCOc1cc(C(CN)N2CCN(C)C(C)C2)cc(Cl)c1OC. The molecule has 0 saturated carbocycles. The van der Waals surface area contributed by atoms with Gasteiger partial charge >= 0.3 is 0 Å². The summed E-state index contributed by atoms with van der Waals surface area (Å²) in [5, 5.41) is 0.564. The Morgan fingerprint density at radius 2 is 2.13 bits per heavy atom. The standard InChI is InChI=1S/C17H28ClN3O2/c1-5-23-16-9-13(8-14(18)17(16)22-4)15(10-19)21-7-6-20(3)12(2)11-21/h8-9,12,15H,5-7,10-11,19H2,1-4H3. The van der Waals surface area contributed by atoms with Crippen molar-refractivity contribution in [3.63, 3.8) is 0 Å². The third-order valence-electron chi connectivity index (χ3n) is 4.58. The predicted octanol–water partition coefficient (Wildman–Crippen LogP) is 2.38. The first-order valence-corrected chi connectivity index (χ1v) is 8.54. The van der Waals surface area contributed by atoms with Crippen molar-refractivity contribution in [3.8, 4) is 11.5 Å². The van der Waals surface area contributed by atoms with Crippen LogP contribution in [0.2, 0.25) is 5.02 Å². The van der Waals surface area contributed by atoms with E-state index in [4.69, 9.17) is 26.8 Å². The van der Waals surface area contributed by atoms with Crippen molar-refractivity contribution < 1.29 is 9.47 Å². The second-order valence-electron chi connectivity index (χ2n) is 6.04. The Bertz CT molecular complexity index is 527. The van der Waals surface area contributed by atoms with Gasteiger partial charge in [-0.1, -0.05) is 11.6 Å². The van der Waals surface area contributed by atoms with Crippen molar-refractivity contribution in [2.24, 2.45) is 5.73 Å². The average molecular weight is 342 g/mol. The van der Waals surface area contributed by atoms with E-state index in [1.165, 1.54) is 0 Å². The number of benzene rings is 1. The Morgan fingerprint density at radius 1 is 1.39 bits per heavy atom. The number of nitrogens with zero attached hydrogens (tertiary/aromatic N) is 2. The number of rotatable bonds is 6. The van der Waals surface area contributed by atoms with E-state index in [2.05, 4.69) is 23.8 Å². The Labute approximate surface area is 144 Å². The van der Waals surface area contributed by atoms with Crippen LogP contribution in [0.3, 0.4) is 0 Å². The van der Waals surface area contributed by atoms with Gasteiger partial charge in [0.25, 0.3) is 0 Å². The molecule has 0 radical (unpaired) electrons. The molecule has 5 nitrogen and oxygen atoms in total. The zero-order valence-electron chi connectivity index (χ0n) is 14.5. The Hall–Kier alpha value is -1.01. The highest BCUT2D eigenvalue weighted by Crippen LogP contribution is 2.39. The highest BCUT2D eigenvalue weighted by atomic mass is 35.5. The first kappa shape index (κ1) is 18.3. The van der Waals surface area contributed by atoms with Crippen LogP contribution in [0.25, 0.3) is 0 Å². The molecule has 1 aromatic carbocycles. The van der Waals surface area contributed by atoms with Gasteiger partial charge in [-0.05, 0) is 38.6 Å². The van der Waals surface area contributed by atoms with E-state index in [1.807, 2.05) is 19.1 Å². The number of likely N-dealkylation sites (N-methyl/N-ethyl adjacent to an activating group) is 1. The van der Waals surface area contributed by atoms with E-state index in [9.17, 15) is 0 Å². The Morgan fingerprint density at radius 3 is 2.70 bits per heavy atom. The lowest BCUT2D eigenvalue weighted by Crippen LogP contribution is -2.52. The minimum absolute atomic E-state index is 0.133. The van der Waals surface area contributed by atoms with E-state index in [-0.39, 0.29) is 6.04 Å². The number of halogens is 1. The molecule has 1 aliphatic heterocycles. The molecule has 0 spiro atoms. The molecule has 1 aromatic rings. The number of ether oxygens (including phenoxy) is 2. The number of nitrogens with two attached hydrogens (primary N) is 1. The van der Waals surface area contributed by atoms with E-state index in [0.29, 0.717) is 35.7 Å². The van der Waals surface area contributed by atoms with Gasteiger partial charge in [0, 0.05) is 38.3 Å². The molecular weight excluding hydrogens is 314 g/mol. The van der Waals surface area contributed by atoms with Crippen LogP contribution in [0.5, 0.6) is 11.5 Å². The molecule has 1 fully saturated rings. The number of piperazine rings is 1. The molecular formula is C17H28ClN3O2. The van der Waals surface area contributed by atoms with Crippen LogP contribution in [0.15, 0.2) is 12.1 Å². The molecule has 2 rings (SSSR count). The lowest BCUT2D eigenvalue weighted by molar-refractivity contribution is 0.0740. The van der Waals surface area contributed by atoms with Crippen molar-refractivity contribution in [2.45, 2.75) is 25.9 Å². The smallest absolute Gasteiger partial charge is 0.179 e. The van der Waals surface area contributed by atoms with Crippen LogP contribution in [0, 0.1) is 0 Å². The molecule has 0 amide bonds. The zero-order valence-corrected chi connectivity index (χ0v) is 15.3. The topological polar surface area (TPSA) is 51.0 Å². The van der Waals surface area contributed by atoms with Gasteiger partial charge in [-0.15, -0.1) is 0 Å². The van der Waals surface area contributed by atoms with Gasteiger partial charge in [0.1, 0.15) is 0 Å². The maximum Gasteiger partial charge on any atom is 0.179 e. The lowest BCUT2D eigenvalue weighted by atomic mass is 10.0. The lowest BCUT2D eigenvalue weighted by Gasteiger charge is -2.41. The molecule has 1 saturated heterocycles. The average Bonchev–Trinajstić information content (AvgIpc) is 2.52. The van der Waals surface area contributed by atoms with Crippen molar-refractivity contribution in [2.75, 3.05) is 46.9 Å². The Kier molecular flexibility index (Phi) is 6.53. The molecule has 130 valence electrons. The maximum atomic E-state index is 6.39. The maximum absolute atomic E-state index is 6.39. The summed E-state index contributed by atoms with van der Waals surface area (Å²) in [7, 11) is 3.77.